The van der Waals surface area contributed by atoms with Gasteiger partial charge in [-0.05, 0) is 54.6 Å². The summed E-state index contributed by atoms with van der Waals surface area (Å²) in [6.45, 7) is 0. The van der Waals surface area contributed by atoms with Crippen LogP contribution >= 0.6 is 0 Å². The van der Waals surface area contributed by atoms with Gasteiger partial charge in [-0.25, -0.2) is 9.97 Å². The number of pyridine rings is 1. The number of aryl methyl sites for hydroxylation is 1. The zero-order valence-corrected chi connectivity index (χ0v) is 21.7. The first-order chi connectivity index (χ1) is 19.7. The summed E-state index contributed by atoms with van der Waals surface area (Å²) < 4.78 is 10.6. The molecule has 40 heavy (non-hydrogen) atoms. The average Bonchev–Trinajstić information content (AvgIpc) is 3.72. The minimum atomic E-state index is 0.581. The van der Waals surface area contributed by atoms with Crippen molar-refractivity contribution in [1.82, 2.24) is 24.1 Å². The van der Waals surface area contributed by atoms with Crippen LogP contribution in [0.4, 0.5) is 0 Å². The molecular weight excluding hydrogens is 494 g/mol. The van der Waals surface area contributed by atoms with Crippen molar-refractivity contribution in [2.75, 3.05) is 0 Å². The van der Waals surface area contributed by atoms with Crippen molar-refractivity contribution < 1.29 is 4.42 Å². The van der Waals surface area contributed by atoms with Gasteiger partial charge in [0.2, 0.25) is 5.89 Å². The summed E-state index contributed by atoms with van der Waals surface area (Å²) in [6.07, 6.45) is 5.64. The van der Waals surface area contributed by atoms with Crippen molar-refractivity contribution in [3.05, 3.63) is 122 Å². The number of oxazole rings is 1. The van der Waals surface area contributed by atoms with Crippen LogP contribution < -0.4 is 0 Å². The zero-order valence-electron chi connectivity index (χ0n) is 21.7. The summed E-state index contributed by atoms with van der Waals surface area (Å²) in [5.41, 5.74) is 8.73. The fourth-order valence-corrected chi connectivity index (χ4v) is 5.63. The Bertz CT molecular complexity index is 2150. The third kappa shape index (κ3) is 3.47. The van der Waals surface area contributed by atoms with Gasteiger partial charge in [-0.15, -0.1) is 0 Å². The molecule has 0 aliphatic rings. The predicted octanol–water partition coefficient (Wildman–Crippen LogP) is 8.05. The van der Waals surface area contributed by atoms with Gasteiger partial charge in [-0.3, -0.25) is 4.98 Å². The molecule has 0 N–H and O–H groups in total. The van der Waals surface area contributed by atoms with Crippen LogP contribution in [0, 0.1) is 0 Å². The molecule has 0 atom stereocenters. The number of rotatable bonds is 4. The molecule has 4 heterocycles. The van der Waals surface area contributed by atoms with Crippen LogP contribution in [0.1, 0.15) is 0 Å². The van der Waals surface area contributed by atoms with E-state index in [2.05, 4.69) is 74.8 Å². The normalized spacial score (nSPS) is 11.6. The molecule has 190 valence electrons. The Kier molecular flexibility index (Phi) is 4.94. The molecule has 6 nitrogen and oxygen atoms in total. The second kappa shape index (κ2) is 8.78. The Hall–Kier alpha value is -5.49. The van der Waals surface area contributed by atoms with E-state index in [-0.39, 0.29) is 0 Å². The maximum atomic E-state index is 6.25. The Labute approximate surface area is 229 Å². The molecule has 4 aromatic carbocycles. The molecule has 8 aromatic rings. The van der Waals surface area contributed by atoms with Crippen LogP contribution in [0.15, 0.2) is 126 Å². The van der Waals surface area contributed by atoms with Crippen molar-refractivity contribution in [2.45, 2.75) is 0 Å². The number of fused-ring (bicyclic) bond motifs is 4. The molecule has 0 radical (unpaired) electrons. The lowest BCUT2D eigenvalue weighted by Crippen LogP contribution is -1.97. The maximum absolute atomic E-state index is 6.25. The average molecular weight is 518 g/mol. The third-order valence-corrected chi connectivity index (χ3v) is 7.44. The van der Waals surface area contributed by atoms with Gasteiger partial charge in [0.15, 0.2) is 5.58 Å². The van der Waals surface area contributed by atoms with Gasteiger partial charge in [-0.2, -0.15) is 0 Å². The number of hydrogen-bond acceptors (Lipinski definition) is 4. The van der Waals surface area contributed by atoms with Gasteiger partial charge in [0, 0.05) is 58.8 Å². The van der Waals surface area contributed by atoms with E-state index in [0.29, 0.717) is 5.89 Å². The lowest BCUT2D eigenvalue weighted by atomic mass is 10.0. The van der Waals surface area contributed by atoms with Gasteiger partial charge < -0.3 is 13.6 Å². The van der Waals surface area contributed by atoms with Crippen molar-refractivity contribution >= 4 is 32.9 Å². The Morgan fingerprint density at radius 1 is 0.700 bits per heavy atom. The Balaban J connectivity index is 1.48. The highest BCUT2D eigenvalue weighted by Gasteiger charge is 2.21. The molecule has 4 aromatic heterocycles. The zero-order chi connectivity index (χ0) is 26.6. The number of nitrogens with zero attached hydrogens (tertiary/aromatic N) is 5. The summed E-state index contributed by atoms with van der Waals surface area (Å²) >= 11 is 0. The van der Waals surface area contributed by atoms with Gasteiger partial charge in [0.1, 0.15) is 11.3 Å². The number of imidazole rings is 1. The minimum Gasteiger partial charge on any atom is -0.436 e. The first kappa shape index (κ1) is 22.5. The summed E-state index contributed by atoms with van der Waals surface area (Å²) in [5, 5.41) is 2.29. The molecule has 0 fully saturated rings. The van der Waals surface area contributed by atoms with Crippen molar-refractivity contribution in [3.63, 3.8) is 0 Å². The van der Waals surface area contributed by atoms with E-state index in [1.54, 1.807) is 0 Å². The van der Waals surface area contributed by atoms with E-state index < -0.39 is 0 Å². The second-order valence-electron chi connectivity index (χ2n) is 9.88. The topological polar surface area (TPSA) is 61.7 Å². The molecule has 0 spiro atoms. The molecule has 0 saturated heterocycles. The molecule has 0 unspecified atom stereocenters. The van der Waals surface area contributed by atoms with Crippen molar-refractivity contribution in [2.24, 2.45) is 7.05 Å². The van der Waals surface area contributed by atoms with E-state index in [1.165, 1.54) is 0 Å². The monoisotopic (exact) mass is 517 g/mol. The highest BCUT2D eigenvalue weighted by Crippen LogP contribution is 2.41. The van der Waals surface area contributed by atoms with Crippen molar-refractivity contribution in [1.29, 1.82) is 0 Å². The molecule has 0 bridgehead atoms. The van der Waals surface area contributed by atoms with Gasteiger partial charge in [0.05, 0.1) is 16.7 Å². The molecular formula is C34H23N5O. The van der Waals surface area contributed by atoms with E-state index in [9.17, 15) is 0 Å². The van der Waals surface area contributed by atoms with Crippen molar-refractivity contribution in [3.8, 4) is 39.8 Å². The summed E-state index contributed by atoms with van der Waals surface area (Å²) in [4.78, 5) is 14.2. The van der Waals surface area contributed by atoms with Crippen LogP contribution in [-0.4, -0.2) is 24.1 Å². The number of para-hydroxylation sites is 3. The lowest BCUT2D eigenvalue weighted by molar-refractivity contribution is 0.620. The number of benzene rings is 4. The minimum absolute atomic E-state index is 0.581. The quantitative estimate of drug-likeness (QED) is 0.237. The highest BCUT2D eigenvalue weighted by molar-refractivity contribution is 6.16. The van der Waals surface area contributed by atoms with Crippen LogP contribution in [0.3, 0.4) is 0 Å². The summed E-state index contributed by atoms with van der Waals surface area (Å²) in [5.74, 6) is 1.46. The Morgan fingerprint density at radius 3 is 2.42 bits per heavy atom. The number of hydrogen-bond donors (Lipinski definition) is 0. The number of aromatic nitrogens is 5. The largest absolute Gasteiger partial charge is 0.436 e. The van der Waals surface area contributed by atoms with Crippen LogP contribution in [0.25, 0.3) is 72.7 Å². The highest BCUT2D eigenvalue weighted by atomic mass is 16.3. The first-order valence-corrected chi connectivity index (χ1v) is 13.2. The van der Waals surface area contributed by atoms with Crippen LogP contribution in [0.5, 0.6) is 0 Å². The fourth-order valence-electron chi connectivity index (χ4n) is 5.63. The van der Waals surface area contributed by atoms with Crippen LogP contribution in [-0.2, 0) is 7.05 Å². The van der Waals surface area contributed by atoms with Gasteiger partial charge in [-0.1, -0.05) is 48.5 Å². The Morgan fingerprint density at radius 2 is 1.57 bits per heavy atom. The van der Waals surface area contributed by atoms with E-state index >= 15 is 0 Å². The molecule has 6 heteroatoms. The van der Waals surface area contributed by atoms with Gasteiger partial charge >= 0.3 is 0 Å². The molecule has 0 amide bonds. The van der Waals surface area contributed by atoms with E-state index in [1.807, 2.05) is 68.1 Å². The van der Waals surface area contributed by atoms with Crippen LogP contribution in [0.2, 0.25) is 0 Å². The molecule has 0 saturated carbocycles. The molecule has 0 aliphatic heterocycles. The fraction of sp³-hybridized carbons (Fsp3) is 0.0294. The third-order valence-electron chi connectivity index (χ3n) is 7.44. The standard InChI is InChI=1S/C34H23N5O/c1-38-18-17-36-33(38)26-20-23(34-37-28-13-3-5-15-31(28)40-34)21-30-32(26)25-11-2-4-14-29(25)39(30)24-10-8-9-22(19-24)27-12-6-7-16-35-27/h2-21H,1H3. The predicted molar refractivity (Wildman–Crippen MR) is 159 cm³/mol. The van der Waals surface area contributed by atoms with E-state index in [4.69, 9.17) is 14.4 Å². The summed E-state index contributed by atoms with van der Waals surface area (Å²) in [7, 11) is 2.02. The molecule has 8 rings (SSSR count). The SMILES string of the molecule is Cn1ccnc1-c1cc(-c2nc3ccccc3o2)cc2c1c1ccccc1n2-c1cccc(-c2ccccn2)c1. The smallest absolute Gasteiger partial charge is 0.227 e. The summed E-state index contributed by atoms with van der Waals surface area (Å²) in [6, 6.07) is 35.2. The van der Waals surface area contributed by atoms with E-state index in [0.717, 1.165) is 66.8 Å². The lowest BCUT2D eigenvalue weighted by Gasteiger charge is -2.12. The first-order valence-electron chi connectivity index (χ1n) is 13.2. The van der Waals surface area contributed by atoms with Gasteiger partial charge in [0.25, 0.3) is 0 Å². The molecule has 0 aliphatic carbocycles. The maximum Gasteiger partial charge on any atom is 0.227 e. The second-order valence-corrected chi connectivity index (χ2v) is 9.88.